The van der Waals surface area contributed by atoms with Gasteiger partial charge in [-0.25, -0.2) is 0 Å². The number of hydrogen-bond donors (Lipinski definition) is 2. The van der Waals surface area contributed by atoms with E-state index in [1.54, 1.807) is 7.11 Å². The molecule has 0 unspecified atom stereocenters. The maximum absolute atomic E-state index is 7.00. The Hall–Kier alpha value is -0.995. The summed E-state index contributed by atoms with van der Waals surface area (Å²) in [7, 11) is 1.68. The first-order valence-electron chi connectivity index (χ1n) is 4.39. The Kier molecular flexibility index (Phi) is 6.89. The zero-order valence-corrected chi connectivity index (χ0v) is 8.77. The van der Waals surface area contributed by atoms with Crippen molar-refractivity contribution in [3.8, 4) is 5.75 Å². The van der Waals surface area contributed by atoms with Crippen LogP contribution >= 0.6 is 0 Å². The van der Waals surface area contributed by atoms with Gasteiger partial charge in [-0.05, 0) is 23.6 Å². The molecule has 77 valence electrons. The smallest absolute Gasteiger partial charge is 0.482 e. The maximum Gasteiger partial charge on any atom is 0.482 e. The van der Waals surface area contributed by atoms with E-state index in [1.165, 1.54) is 5.56 Å². The lowest BCUT2D eigenvalue weighted by molar-refractivity contribution is 0.414. The number of hydrogen-bond acceptors (Lipinski definition) is 3. The second-order valence-electron chi connectivity index (χ2n) is 3.04. The third kappa shape index (κ3) is 4.89. The van der Waals surface area contributed by atoms with Gasteiger partial charge in [-0.15, -0.1) is 0 Å². The first-order valence-corrected chi connectivity index (χ1v) is 4.39. The maximum atomic E-state index is 7.00. The fourth-order valence-corrected chi connectivity index (χ4v) is 0.989. The topological polar surface area (TPSA) is 49.7 Å². The predicted octanol–water partition coefficient (Wildman–Crippen LogP) is 1.32. The highest BCUT2D eigenvalue weighted by Crippen LogP contribution is 2.17. The number of ether oxygens (including phenoxy) is 1. The van der Waals surface area contributed by atoms with Crippen LogP contribution in [0.3, 0.4) is 0 Å². The fourth-order valence-electron chi connectivity index (χ4n) is 0.989. The van der Waals surface area contributed by atoms with Crippen molar-refractivity contribution in [2.75, 3.05) is 7.11 Å². The minimum atomic E-state index is 0. The SMILES string of the molecule is COc1ccc(C(C)C)cc1.O[B]O. The van der Waals surface area contributed by atoms with Gasteiger partial charge in [0.1, 0.15) is 5.75 Å². The number of methoxy groups -OCH3 is 1. The molecule has 1 radical (unpaired) electrons. The standard InChI is InChI=1S/C10H14O.BH2O2/c1-8(2)9-4-6-10(11-3)7-5-9;2-1-3/h4-8H,1-3H3;2-3H. The first kappa shape index (κ1) is 13.0. The van der Waals surface area contributed by atoms with E-state index in [0.29, 0.717) is 5.92 Å². The third-order valence-electron chi connectivity index (χ3n) is 1.78. The number of benzene rings is 1. The van der Waals surface area contributed by atoms with E-state index in [0.717, 1.165) is 5.75 Å². The zero-order valence-electron chi connectivity index (χ0n) is 8.77. The molecule has 3 nitrogen and oxygen atoms in total. The van der Waals surface area contributed by atoms with Crippen LogP contribution < -0.4 is 4.74 Å². The van der Waals surface area contributed by atoms with Gasteiger partial charge in [0.25, 0.3) is 0 Å². The average molecular weight is 195 g/mol. The quantitative estimate of drug-likeness (QED) is 0.699. The van der Waals surface area contributed by atoms with E-state index in [4.69, 9.17) is 14.8 Å². The molecule has 0 fully saturated rings. The minimum Gasteiger partial charge on any atom is -0.497 e. The van der Waals surface area contributed by atoms with Gasteiger partial charge in [0, 0.05) is 0 Å². The molecule has 4 heteroatoms. The molecule has 0 bridgehead atoms. The molecule has 0 saturated carbocycles. The minimum absolute atomic E-state index is 0. The van der Waals surface area contributed by atoms with Crippen LogP contribution in [0.25, 0.3) is 0 Å². The Morgan fingerprint density at radius 3 is 1.86 bits per heavy atom. The molecular weight excluding hydrogens is 179 g/mol. The Morgan fingerprint density at radius 1 is 1.14 bits per heavy atom. The normalized spacial score (nSPS) is 9.00. The summed E-state index contributed by atoms with van der Waals surface area (Å²) in [6, 6.07) is 8.19. The summed E-state index contributed by atoms with van der Waals surface area (Å²) < 4.78 is 5.05. The lowest BCUT2D eigenvalue weighted by atomic mass is 10.0. The summed E-state index contributed by atoms with van der Waals surface area (Å²) in [6.07, 6.45) is 0. The third-order valence-corrected chi connectivity index (χ3v) is 1.78. The molecule has 0 atom stereocenters. The van der Waals surface area contributed by atoms with E-state index in [9.17, 15) is 0 Å². The Balaban J connectivity index is 0.000000500. The molecule has 0 saturated heterocycles. The van der Waals surface area contributed by atoms with Crippen molar-refractivity contribution in [2.45, 2.75) is 19.8 Å². The summed E-state index contributed by atoms with van der Waals surface area (Å²) in [6.45, 7) is 4.36. The molecular formula is C10H16BO3. The molecule has 0 spiro atoms. The molecule has 0 aliphatic rings. The van der Waals surface area contributed by atoms with Crippen LogP contribution in [-0.4, -0.2) is 24.8 Å². The van der Waals surface area contributed by atoms with Crippen LogP contribution in [0.4, 0.5) is 0 Å². The van der Waals surface area contributed by atoms with Crippen molar-refractivity contribution < 1.29 is 14.8 Å². The molecule has 14 heavy (non-hydrogen) atoms. The average Bonchev–Trinajstić information content (AvgIpc) is 2.19. The van der Waals surface area contributed by atoms with Crippen molar-refractivity contribution in [3.05, 3.63) is 29.8 Å². The predicted molar refractivity (Wildman–Crippen MR) is 57.3 cm³/mol. The van der Waals surface area contributed by atoms with Gasteiger partial charge in [-0.2, -0.15) is 0 Å². The van der Waals surface area contributed by atoms with Gasteiger partial charge >= 0.3 is 7.69 Å². The summed E-state index contributed by atoms with van der Waals surface area (Å²) in [4.78, 5) is 0. The molecule has 1 rings (SSSR count). The monoisotopic (exact) mass is 195 g/mol. The van der Waals surface area contributed by atoms with Crippen LogP contribution in [0.15, 0.2) is 24.3 Å². The highest BCUT2D eigenvalue weighted by atomic mass is 16.5. The van der Waals surface area contributed by atoms with Crippen LogP contribution in [0.5, 0.6) is 5.75 Å². The van der Waals surface area contributed by atoms with E-state index >= 15 is 0 Å². The van der Waals surface area contributed by atoms with Crippen LogP contribution in [-0.2, 0) is 0 Å². The fraction of sp³-hybridized carbons (Fsp3) is 0.400. The second-order valence-corrected chi connectivity index (χ2v) is 3.04. The van der Waals surface area contributed by atoms with Crippen LogP contribution in [0, 0.1) is 0 Å². The molecule has 0 aliphatic carbocycles. The summed E-state index contributed by atoms with van der Waals surface area (Å²) in [5.41, 5.74) is 1.35. The van der Waals surface area contributed by atoms with Gasteiger partial charge in [0.05, 0.1) is 7.11 Å². The number of rotatable bonds is 2. The van der Waals surface area contributed by atoms with E-state index < -0.39 is 0 Å². The van der Waals surface area contributed by atoms with Crippen LogP contribution in [0.1, 0.15) is 25.3 Å². The summed E-state index contributed by atoms with van der Waals surface area (Å²) in [5.74, 6) is 1.52. The summed E-state index contributed by atoms with van der Waals surface area (Å²) >= 11 is 0. The molecule has 0 heterocycles. The Bertz CT molecular complexity index is 234. The Morgan fingerprint density at radius 2 is 1.57 bits per heavy atom. The van der Waals surface area contributed by atoms with Crippen molar-refractivity contribution in [3.63, 3.8) is 0 Å². The van der Waals surface area contributed by atoms with Crippen molar-refractivity contribution in [1.29, 1.82) is 0 Å². The highest BCUT2D eigenvalue weighted by molar-refractivity contribution is 6.13. The largest absolute Gasteiger partial charge is 0.497 e. The Labute approximate surface area is 85.7 Å². The van der Waals surface area contributed by atoms with Gasteiger partial charge in [-0.3, -0.25) is 0 Å². The summed E-state index contributed by atoms with van der Waals surface area (Å²) in [5, 5.41) is 14.0. The van der Waals surface area contributed by atoms with Crippen molar-refractivity contribution >= 4 is 7.69 Å². The van der Waals surface area contributed by atoms with E-state index in [1.807, 2.05) is 12.1 Å². The zero-order chi connectivity index (χ0) is 11.0. The van der Waals surface area contributed by atoms with Gasteiger partial charge < -0.3 is 14.8 Å². The van der Waals surface area contributed by atoms with Crippen molar-refractivity contribution in [2.24, 2.45) is 0 Å². The molecule has 0 aromatic heterocycles. The first-order chi connectivity index (χ1) is 6.65. The van der Waals surface area contributed by atoms with Gasteiger partial charge in [0.2, 0.25) is 0 Å². The van der Waals surface area contributed by atoms with Gasteiger partial charge in [0.15, 0.2) is 0 Å². The van der Waals surface area contributed by atoms with E-state index in [-0.39, 0.29) is 7.69 Å². The second kappa shape index (κ2) is 7.41. The van der Waals surface area contributed by atoms with E-state index in [2.05, 4.69) is 26.0 Å². The van der Waals surface area contributed by atoms with Gasteiger partial charge in [-0.1, -0.05) is 26.0 Å². The molecule has 2 N–H and O–H groups in total. The van der Waals surface area contributed by atoms with Crippen LogP contribution in [0.2, 0.25) is 0 Å². The molecule has 0 aliphatic heterocycles. The molecule has 1 aromatic rings. The lowest BCUT2D eigenvalue weighted by Crippen LogP contribution is -1.87. The highest BCUT2D eigenvalue weighted by Gasteiger charge is 1.97. The molecule has 1 aromatic carbocycles. The van der Waals surface area contributed by atoms with Crippen molar-refractivity contribution in [1.82, 2.24) is 0 Å². The lowest BCUT2D eigenvalue weighted by Gasteiger charge is -2.05. The molecule has 0 amide bonds.